The average molecular weight is 203 g/mol. The van der Waals surface area contributed by atoms with Crippen molar-refractivity contribution in [2.24, 2.45) is 5.11 Å². The molecule has 0 spiro atoms. The van der Waals surface area contributed by atoms with Crippen molar-refractivity contribution < 1.29 is 9.90 Å². The number of aromatic carboxylic acids is 1. The fourth-order valence-electron chi connectivity index (χ4n) is 1.36. The summed E-state index contributed by atoms with van der Waals surface area (Å²) in [5.41, 5.74) is 7.95. The molecule has 0 unspecified atom stereocenters. The fraction of sp³-hybridized carbons (Fsp3) is 0. The fourth-order valence-corrected chi connectivity index (χ4v) is 1.36. The quantitative estimate of drug-likeness (QED) is 0.513. The van der Waals surface area contributed by atoms with Crippen molar-refractivity contribution in [3.05, 3.63) is 30.0 Å². The first-order valence-corrected chi connectivity index (χ1v) is 4.14. The van der Waals surface area contributed by atoms with Gasteiger partial charge < -0.3 is 10.1 Å². The third kappa shape index (κ3) is 1.61. The summed E-state index contributed by atoms with van der Waals surface area (Å²) in [5, 5.41) is 13.0. The molecule has 1 aromatic heterocycles. The van der Waals surface area contributed by atoms with Gasteiger partial charge in [-0.05, 0) is 24.3 Å². The summed E-state index contributed by atoms with van der Waals surface area (Å²) in [6.45, 7) is 0. The monoisotopic (exact) mass is 203 g/mol. The van der Waals surface area contributed by atoms with Crippen molar-refractivity contribution >= 4 is 22.6 Å². The molecule has 0 fully saturated rings. The number of nitrogens with zero attached hydrogens (tertiary/aromatic N) is 2. The number of carbonyl (C=O) groups is 1. The van der Waals surface area contributed by atoms with Crippen LogP contribution in [0.25, 0.3) is 10.9 Å². The number of aromatic nitrogens is 1. The molecule has 1 aromatic carbocycles. The summed E-state index contributed by atoms with van der Waals surface area (Å²) in [5.74, 6) is -1.00. The number of carboxylic acid groups (broad SMARTS) is 1. The molecule has 1 heterocycles. The Hall–Kier alpha value is -2.46. The second-order valence-corrected chi connectivity index (χ2v) is 2.96. The van der Waals surface area contributed by atoms with Crippen LogP contribution >= 0.6 is 0 Å². The molecule has 0 saturated carbocycles. The minimum atomic E-state index is -1.00. The molecule has 0 amide bonds. The Balaban J connectivity index is 2.61. The minimum absolute atomic E-state index is 0.130. The van der Waals surface area contributed by atoms with E-state index in [0.717, 1.165) is 10.9 Å². The van der Waals surface area contributed by atoms with Crippen LogP contribution in [-0.4, -0.2) is 16.1 Å². The van der Waals surface area contributed by atoms with Crippen LogP contribution in [0.5, 0.6) is 0 Å². The number of fused-ring (bicyclic) bond motifs is 1. The number of carboxylic acids is 1. The second-order valence-electron chi connectivity index (χ2n) is 2.96. The van der Waals surface area contributed by atoms with Crippen molar-refractivity contribution in [3.8, 4) is 0 Å². The van der Waals surface area contributed by atoms with Gasteiger partial charge >= 0.3 is 5.97 Å². The van der Waals surface area contributed by atoms with E-state index in [1.165, 1.54) is 6.07 Å². The van der Waals surface area contributed by atoms with E-state index in [-0.39, 0.29) is 5.69 Å². The van der Waals surface area contributed by atoms with Crippen LogP contribution in [0, 0.1) is 5.53 Å². The standard InChI is InChI=1S/C9H6N4O2/c10-13-12-6-1-2-7-5(3-6)4-8(11-7)9(14)15/h1-4,10H,(H,14,15)/p+1. The largest absolute Gasteiger partial charge is 0.477 e. The topological polar surface area (TPSA) is 103 Å². The van der Waals surface area contributed by atoms with Gasteiger partial charge in [0, 0.05) is 10.9 Å². The Kier molecular flexibility index (Phi) is 2.04. The lowest BCUT2D eigenvalue weighted by atomic mass is 10.2. The van der Waals surface area contributed by atoms with Crippen LogP contribution < -0.4 is 4.91 Å². The van der Waals surface area contributed by atoms with Crippen molar-refractivity contribution in [1.82, 2.24) is 9.90 Å². The predicted octanol–water partition coefficient (Wildman–Crippen LogP) is 2.05. The Morgan fingerprint density at radius 1 is 1.47 bits per heavy atom. The van der Waals surface area contributed by atoms with Crippen molar-refractivity contribution in [2.75, 3.05) is 0 Å². The molecule has 0 saturated heterocycles. The molecule has 3 N–H and O–H groups in total. The number of rotatable bonds is 2. The Morgan fingerprint density at radius 2 is 2.27 bits per heavy atom. The average Bonchev–Trinajstić information content (AvgIpc) is 2.61. The molecule has 15 heavy (non-hydrogen) atoms. The van der Waals surface area contributed by atoms with E-state index < -0.39 is 5.97 Å². The number of benzene rings is 1. The van der Waals surface area contributed by atoms with E-state index in [0.29, 0.717) is 5.69 Å². The zero-order chi connectivity index (χ0) is 10.8. The van der Waals surface area contributed by atoms with Gasteiger partial charge in [0.05, 0.1) is 0 Å². The summed E-state index contributed by atoms with van der Waals surface area (Å²) in [6, 6.07) is 6.53. The molecule has 2 aromatic rings. The van der Waals surface area contributed by atoms with Gasteiger partial charge in [-0.25, -0.2) is 4.79 Å². The van der Waals surface area contributed by atoms with Crippen LogP contribution in [0.1, 0.15) is 10.5 Å². The van der Waals surface area contributed by atoms with Crippen molar-refractivity contribution in [1.29, 1.82) is 5.53 Å². The number of aromatic amines is 1. The summed E-state index contributed by atoms with van der Waals surface area (Å²) >= 11 is 0. The van der Waals surface area contributed by atoms with Crippen LogP contribution in [0.2, 0.25) is 0 Å². The first kappa shape index (κ1) is 9.11. The molecule has 6 nitrogen and oxygen atoms in total. The Labute approximate surface area is 83.8 Å². The lowest BCUT2D eigenvalue weighted by Crippen LogP contribution is -1.94. The third-order valence-electron chi connectivity index (χ3n) is 2.00. The van der Waals surface area contributed by atoms with Crippen molar-refractivity contribution in [2.45, 2.75) is 0 Å². The van der Waals surface area contributed by atoms with E-state index in [9.17, 15) is 4.79 Å². The molecule has 74 valence electrons. The van der Waals surface area contributed by atoms with E-state index >= 15 is 0 Å². The molecule has 2 rings (SSSR count). The summed E-state index contributed by atoms with van der Waals surface area (Å²) in [4.78, 5) is 16.3. The first-order chi connectivity index (χ1) is 7.20. The first-order valence-electron chi connectivity index (χ1n) is 4.14. The van der Waals surface area contributed by atoms with Gasteiger partial charge in [0.25, 0.3) is 0 Å². The smallest absolute Gasteiger partial charge is 0.352 e. The Bertz CT molecular complexity index is 581. The van der Waals surface area contributed by atoms with E-state index in [4.69, 9.17) is 10.6 Å². The molecule has 0 bridgehead atoms. The number of hydrogen-bond donors (Lipinski definition) is 3. The third-order valence-corrected chi connectivity index (χ3v) is 2.00. The van der Waals surface area contributed by atoms with Gasteiger partial charge in [-0.15, -0.1) is 0 Å². The number of H-pyrrole nitrogens is 1. The van der Waals surface area contributed by atoms with Crippen molar-refractivity contribution in [3.63, 3.8) is 0 Å². The molecule has 6 heteroatoms. The van der Waals surface area contributed by atoms with E-state index in [2.05, 4.69) is 15.0 Å². The van der Waals surface area contributed by atoms with Gasteiger partial charge in [0.1, 0.15) is 11.2 Å². The molecular weight excluding hydrogens is 196 g/mol. The molecule has 0 aliphatic heterocycles. The second kappa shape index (κ2) is 3.36. The maximum absolute atomic E-state index is 10.7. The normalized spacial score (nSPS) is 9.87. The highest BCUT2D eigenvalue weighted by atomic mass is 16.4. The Morgan fingerprint density at radius 3 is 2.93 bits per heavy atom. The van der Waals surface area contributed by atoms with Crippen LogP contribution in [0.4, 0.5) is 5.69 Å². The molecule has 0 radical (unpaired) electrons. The van der Waals surface area contributed by atoms with Gasteiger partial charge in [-0.3, -0.25) is 0 Å². The summed E-state index contributed by atoms with van der Waals surface area (Å²) in [6.07, 6.45) is 0. The molecular formula is C9H7N4O2+. The lowest BCUT2D eigenvalue weighted by molar-refractivity contribution is 0.0691. The van der Waals surface area contributed by atoms with Crippen LogP contribution in [0.15, 0.2) is 29.4 Å². The lowest BCUT2D eigenvalue weighted by Gasteiger charge is -1.86. The molecule has 0 aliphatic rings. The van der Waals surface area contributed by atoms with Crippen LogP contribution in [0.3, 0.4) is 0 Å². The van der Waals surface area contributed by atoms with Gasteiger partial charge in [-0.2, -0.15) is 0 Å². The predicted molar refractivity (Wildman–Crippen MR) is 52.2 cm³/mol. The van der Waals surface area contributed by atoms with Gasteiger partial charge in [-0.1, -0.05) is 0 Å². The van der Waals surface area contributed by atoms with Gasteiger partial charge in [0.2, 0.25) is 4.91 Å². The maximum Gasteiger partial charge on any atom is 0.352 e. The maximum atomic E-state index is 10.7. The van der Waals surface area contributed by atoms with Gasteiger partial charge in [0.15, 0.2) is 10.8 Å². The van der Waals surface area contributed by atoms with E-state index in [1.54, 1.807) is 18.2 Å². The highest BCUT2D eigenvalue weighted by Gasteiger charge is 2.08. The summed E-state index contributed by atoms with van der Waals surface area (Å²) in [7, 11) is 0. The molecule has 0 aliphatic carbocycles. The number of hydrogen-bond acceptors (Lipinski definition) is 3. The minimum Gasteiger partial charge on any atom is -0.477 e. The van der Waals surface area contributed by atoms with Crippen LogP contribution in [-0.2, 0) is 0 Å². The zero-order valence-electron chi connectivity index (χ0n) is 7.56. The highest BCUT2D eigenvalue weighted by Crippen LogP contribution is 2.21. The summed E-state index contributed by atoms with van der Waals surface area (Å²) < 4.78 is 0. The number of nitrogens with one attached hydrogen (secondary N) is 2. The molecule has 0 atom stereocenters. The van der Waals surface area contributed by atoms with E-state index in [1.807, 2.05) is 0 Å². The zero-order valence-corrected chi connectivity index (χ0v) is 7.56. The highest BCUT2D eigenvalue weighted by molar-refractivity contribution is 5.94. The SMILES string of the molecule is N=[N+]=Nc1ccc2[nH]c(C(=O)O)cc2c1.